The van der Waals surface area contributed by atoms with Crippen LogP contribution in [0.25, 0.3) is 5.69 Å². The van der Waals surface area contributed by atoms with Crippen molar-refractivity contribution in [2.24, 2.45) is 0 Å². The van der Waals surface area contributed by atoms with Gasteiger partial charge in [0.15, 0.2) is 0 Å². The normalized spacial score (nSPS) is 13.7. The second-order valence-electron chi connectivity index (χ2n) is 3.94. The van der Waals surface area contributed by atoms with Crippen molar-refractivity contribution in [3.63, 3.8) is 0 Å². The Hall–Kier alpha value is -1.77. The van der Waals surface area contributed by atoms with Crippen LogP contribution in [0.5, 0.6) is 0 Å². The van der Waals surface area contributed by atoms with E-state index in [9.17, 15) is 0 Å². The van der Waals surface area contributed by atoms with Crippen LogP contribution in [0.3, 0.4) is 0 Å². The van der Waals surface area contributed by atoms with Crippen molar-refractivity contribution >= 4 is 5.69 Å². The summed E-state index contributed by atoms with van der Waals surface area (Å²) >= 11 is 0. The minimum absolute atomic E-state index is 1.04. The minimum atomic E-state index is 1.04. The number of aromatic nitrogens is 2. The first-order valence-corrected chi connectivity index (χ1v) is 5.21. The highest BCUT2D eigenvalue weighted by atomic mass is 15.0. The fourth-order valence-corrected chi connectivity index (χ4v) is 2.00. The van der Waals surface area contributed by atoms with Crippen LogP contribution in [0.1, 0.15) is 11.3 Å². The highest BCUT2D eigenvalue weighted by molar-refractivity contribution is 5.60. The first kappa shape index (κ1) is 8.53. The molecule has 2 aromatic rings. The molecule has 15 heavy (non-hydrogen) atoms. The van der Waals surface area contributed by atoms with Crippen molar-refractivity contribution in [3.8, 4) is 5.69 Å². The average molecular weight is 199 g/mol. The van der Waals surface area contributed by atoms with E-state index >= 15 is 0 Å². The number of benzene rings is 1. The van der Waals surface area contributed by atoms with Gasteiger partial charge in [-0.1, -0.05) is 6.07 Å². The van der Waals surface area contributed by atoms with E-state index in [1.807, 2.05) is 19.4 Å². The zero-order valence-electron chi connectivity index (χ0n) is 8.70. The molecule has 1 N–H and O–H groups in total. The molecule has 0 aliphatic carbocycles. The van der Waals surface area contributed by atoms with Crippen LogP contribution in [0.4, 0.5) is 5.69 Å². The van der Waals surface area contributed by atoms with Crippen molar-refractivity contribution < 1.29 is 0 Å². The van der Waals surface area contributed by atoms with Gasteiger partial charge in [0.2, 0.25) is 0 Å². The molecule has 76 valence electrons. The predicted octanol–water partition coefficient (Wildman–Crippen LogP) is 2.15. The van der Waals surface area contributed by atoms with Crippen LogP contribution in [0, 0.1) is 6.92 Å². The van der Waals surface area contributed by atoms with Gasteiger partial charge in [-0.05, 0) is 31.0 Å². The molecular weight excluding hydrogens is 186 g/mol. The molecule has 0 bridgehead atoms. The Bertz CT molecular complexity index is 499. The Morgan fingerprint density at radius 1 is 1.40 bits per heavy atom. The van der Waals surface area contributed by atoms with Gasteiger partial charge in [0.1, 0.15) is 0 Å². The minimum Gasteiger partial charge on any atom is -0.384 e. The predicted molar refractivity (Wildman–Crippen MR) is 60.5 cm³/mol. The fraction of sp³-hybridized carbons (Fsp3) is 0.250. The summed E-state index contributed by atoms with van der Waals surface area (Å²) in [6.07, 6.45) is 5.03. The van der Waals surface area contributed by atoms with E-state index in [2.05, 4.69) is 33.1 Å². The molecule has 0 atom stereocenters. The molecule has 3 heteroatoms. The molecule has 0 fully saturated rings. The molecule has 1 aliphatic heterocycles. The number of nitrogens with one attached hydrogen (secondary N) is 1. The van der Waals surface area contributed by atoms with Gasteiger partial charge in [0.25, 0.3) is 0 Å². The number of fused-ring (bicyclic) bond motifs is 1. The molecule has 0 unspecified atom stereocenters. The van der Waals surface area contributed by atoms with E-state index in [1.165, 1.54) is 16.9 Å². The van der Waals surface area contributed by atoms with Crippen molar-refractivity contribution in [1.29, 1.82) is 0 Å². The van der Waals surface area contributed by atoms with Crippen LogP contribution >= 0.6 is 0 Å². The second kappa shape index (κ2) is 3.12. The first-order chi connectivity index (χ1) is 7.33. The van der Waals surface area contributed by atoms with E-state index in [4.69, 9.17) is 0 Å². The number of rotatable bonds is 1. The fourth-order valence-electron chi connectivity index (χ4n) is 2.00. The lowest BCUT2D eigenvalue weighted by molar-refractivity contribution is 1.06. The molecule has 0 spiro atoms. The lowest BCUT2D eigenvalue weighted by Gasteiger charge is -2.05. The van der Waals surface area contributed by atoms with E-state index in [1.54, 1.807) is 0 Å². The molecule has 0 saturated carbocycles. The summed E-state index contributed by atoms with van der Waals surface area (Å²) in [5.74, 6) is 0. The Morgan fingerprint density at radius 3 is 3.13 bits per heavy atom. The zero-order chi connectivity index (χ0) is 10.3. The third kappa shape index (κ3) is 1.40. The van der Waals surface area contributed by atoms with Crippen LogP contribution < -0.4 is 5.32 Å². The maximum Gasteiger partial charge on any atom is 0.0995 e. The number of hydrogen-bond donors (Lipinski definition) is 1. The topological polar surface area (TPSA) is 29.9 Å². The molecule has 3 rings (SSSR count). The maximum absolute atomic E-state index is 4.23. The molecule has 2 heterocycles. The van der Waals surface area contributed by atoms with Crippen molar-refractivity contribution in [2.75, 3.05) is 11.9 Å². The van der Waals surface area contributed by atoms with Crippen molar-refractivity contribution in [3.05, 3.63) is 42.0 Å². The summed E-state index contributed by atoms with van der Waals surface area (Å²) in [5.41, 5.74) is 4.89. The van der Waals surface area contributed by atoms with Gasteiger partial charge in [-0.2, -0.15) is 0 Å². The summed E-state index contributed by atoms with van der Waals surface area (Å²) in [5, 5.41) is 3.38. The highest BCUT2D eigenvalue weighted by Gasteiger charge is 2.10. The Labute approximate surface area is 88.8 Å². The number of hydrogen-bond acceptors (Lipinski definition) is 2. The number of anilines is 1. The third-order valence-corrected chi connectivity index (χ3v) is 2.81. The van der Waals surface area contributed by atoms with Gasteiger partial charge in [-0.15, -0.1) is 0 Å². The van der Waals surface area contributed by atoms with Gasteiger partial charge in [-0.25, -0.2) is 4.98 Å². The Balaban J connectivity index is 2.06. The van der Waals surface area contributed by atoms with Crippen LogP contribution in [0.2, 0.25) is 0 Å². The van der Waals surface area contributed by atoms with E-state index < -0.39 is 0 Å². The quantitative estimate of drug-likeness (QED) is 0.762. The molecular formula is C12H13N3. The Morgan fingerprint density at radius 2 is 2.33 bits per heavy atom. The van der Waals surface area contributed by atoms with Crippen LogP contribution in [-0.4, -0.2) is 16.1 Å². The summed E-state index contributed by atoms with van der Waals surface area (Å²) < 4.78 is 2.05. The number of imidazole rings is 1. The number of nitrogens with zero attached hydrogens (tertiary/aromatic N) is 2. The summed E-state index contributed by atoms with van der Waals surface area (Å²) in [6.45, 7) is 3.06. The molecule has 1 aliphatic rings. The smallest absolute Gasteiger partial charge is 0.0995 e. The van der Waals surface area contributed by atoms with E-state index in [-0.39, 0.29) is 0 Å². The van der Waals surface area contributed by atoms with E-state index in [0.717, 1.165) is 18.7 Å². The van der Waals surface area contributed by atoms with Gasteiger partial charge < -0.3 is 9.88 Å². The van der Waals surface area contributed by atoms with Crippen molar-refractivity contribution in [1.82, 2.24) is 9.55 Å². The molecule has 0 saturated heterocycles. The lowest BCUT2D eigenvalue weighted by atomic mass is 10.1. The second-order valence-corrected chi connectivity index (χ2v) is 3.94. The summed E-state index contributed by atoms with van der Waals surface area (Å²) in [7, 11) is 0. The summed E-state index contributed by atoms with van der Waals surface area (Å²) in [4.78, 5) is 4.23. The largest absolute Gasteiger partial charge is 0.384 e. The molecule has 1 aromatic carbocycles. The zero-order valence-corrected chi connectivity index (χ0v) is 8.70. The monoisotopic (exact) mass is 199 g/mol. The molecule has 3 nitrogen and oxygen atoms in total. The van der Waals surface area contributed by atoms with Gasteiger partial charge in [0, 0.05) is 24.1 Å². The lowest BCUT2D eigenvalue weighted by Crippen LogP contribution is -1.93. The van der Waals surface area contributed by atoms with Crippen LogP contribution in [-0.2, 0) is 6.42 Å². The molecule has 0 amide bonds. The van der Waals surface area contributed by atoms with E-state index in [0.29, 0.717) is 0 Å². The average Bonchev–Trinajstić information content (AvgIpc) is 2.84. The van der Waals surface area contributed by atoms with Crippen LogP contribution in [0.15, 0.2) is 30.7 Å². The summed E-state index contributed by atoms with van der Waals surface area (Å²) in [6, 6.07) is 6.52. The standard InChI is InChI=1S/C12H13N3/c1-9-7-15(8-14-9)11-3-2-10-4-5-13-12(10)6-11/h2-3,6-8,13H,4-5H2,1H3. The van der Waals surface area contributed by atoms with Crippen molar-refractivity contribution in [2.45, 2.75) is 13.3 Å². The highest BCUT2D eigenvalue weighted by Crippen LogP contribution is 2.24. The Kier molecular flexibility index (Phi) is 1.78. The SMILES string of the molecule is Cc1cn(-c2ccc3c(c2)NCC3)cn1. The van der Waals surface area contributed by atoms with Gasteiger partial charge in [0.05, 0.1) is 12.0 Å². The number of aryl methyl sites for hydroxylation is 1. The first-order valence-electron chi connectivity index (χ1n) is 5.21. The maximum atomic E-state index is 4.23. The third-order valence-electron chi connectivity index (χ3n) is 2.81. The van der Waals surface area contributed by atoms with Gasteiger partial charge >= 0.3 is 0 Å². The molecule has 0 radical (unpaired) electrons. The molecule has 1 aromatic heterocycles. The van der Waals surface area contributed by atoms with Gasteiger partial charge in [-0.3, -0.25) is 0 Å².